The van der Waals surface area contributed by atoms with Crippen LogP contribution < -0.4 is 10.6 Å². The fourth-order valence-electron chi connectivity index (χ4n) is 2.73. The van der Waals surface area contributed by atoms with E-state index in [2.05, 4.69) is 15.5 Å². The highest BCUT2D eigenvalue weighted by Crippen LogP contribution is 2.25. The molecule has 0 radical (unpaired) electrons. The van der Waals surface area contributed by atoms with Gasteiger partial charge in [-0.2, -0.15) is 0 Å². The van der Waals surface area contributed by atoms with Crippen molar-refractivity contribution in [2.24, 2.45) is 5.92 Å². The van der Waals surface area contributed by atoms with E-state index in [0.29, 0.717) is 28.2 Å². The quantitative estimate of drug-likeness (QED) is 0.873. The summed E-state index contributed by atoms with van der Waals surface area (Å²) in [7, 11) is 1.97. The first-order chi connectivity index (χ1) is 10.1. The van der Waals surface area contributed by atoms with Gasteiger partial charge >= 0.3 is 0 Å². The van der Waals surface area contributed by atoms with Crippen LogP contribution in [0.4, 0.5) is 5.69 Å². The number of benzene rings is 1. The lowest BCUT2D eigenvalue weighted by molar-refractivity contribution is -0.117. The van der Waals surface area contributed by atoms with Crippen molar-refractivity contribution < 1.29 is 4.79 Å². The zero-order valence-electron chi connectivity index (χ0n) is 12.2. The van der Waals surface area contributed by atoms with Crippen LogP contribution in [0.3, 0.4) is 0 Å². The molecular weight excluding hydrogens is 309 g/mol. The van der Waals surface area contributed by atoms with Gasteiger partial charge in [-0.1, -0.05) is 23.2 Å². The van der Waals surface area contributed by atoms with E-state index >= 15 is 0 Å². The molecular formula is C15H21Cl2N3O. The van der Waals surface area contributed by atoms with Gasteiger partial charge in [0.2, 0.25) is 5.91 Å². The van der Waals surface area contributed by atoms with Crippen LogP contribution in [-0.4, -0.2) is 44.0 Å². The van der Waals surface area contributed by atoms with E-state index < -0.39 is 0 Å². The standard InChI is InChI=1S/C15H21Cl2N3O/c1-18-8-11-3-2-6-20(9-11)10-15(21)19-12-4-5-13(16)14(17)7-12/h4-5,7,11,18H,2-3,6,8-10H2,1H3,(H,19,21). The first kappa shape index (κ1) is 16.6. The molecule has 1 saturated heterocycles. The number of hydrogen-bond donors (Lipinski definition) is 2. The molecule has 116 valence electrons. The van der Waals surface area contributed by atoms with Crippen molar-refractivity contribution >= 4 is 34.8 Å². The molecule has 1 aromatic rings. The lowest BCUT2D eigenvalue weighted by atomic mass is 9.98. The zero-order valence-corrected chi connectivity index (χ0v) is 13.7. The number of hydrogen-bond acceptors (Lipinski definition) is 3. The zero-order chi connectivity index (χ0) is 15.2. The van der Waals surface area contributed by atoms with Crippen molar-refractivity contribution in [3.63, 3.8) is 0 Å². The second-order valence-corrected chi connectivity index (χ2v) is 6.29. The molecule has 6 heteroatoms. The van der Waals surface area contributed by atoms with Crippen LogP contribution in [0.1, 0.15) is 12.8 Å². The molecule has 0 bridgehead atoms. The van der Waals surface area contributed by atoms with Gasteiger partial charge in [0.15, 0.2) is 0 Å². The fraction of sp³-hybridized carbons (Fsp3) is 0.533. The van der Waals surface area contributed by atoms with Gasteiger partial charge < -0.3 is 10.6 Å². The summed E-state index contributed by atoms with van der Waals surface area (Å²) < 4.78 is 0. The van der Waals surface area contributed by atoms with Crippen LogP contribution in [0.2, 0.25) is 10.0 Å². The first-order valence-corrected chi connectivity index (χ1v) is 7.96. The minimum atomic E-state index is -0.0153. The summed E-state index contributed by atoms with van der Waals surface area (Å²) in [6.07, 6.45) is 2.37. The van der Waals surface area contributed by atoms with Crippen molar-refractivity contribution in [1.29, 1.82) is 0 Å². The Bertz CT molecular complexity index is 494. The third-order valence-electron chi connectivity index (χ3n) is 3.67. The molecule has 21 heavy (non-hydrogen) atoms. The molecule has 1 fully saturated rings. The van der Waals surface area contributed by atoms with E-state index in [0.717, 1.165) is 26.1 Å². The summed E-state index contributed by atoms with van der Waals surface area (Å²) >= 11 is 11.8. The molecule has 0 saturated carbocycles. The largest absolute Gasteiger partial charge is 0.325 e. The minimum Gasteiger partial charge on any atom is -0.325 e. The average molecular weight is 330 g/mol. The molecule has 0 spiro atoms. The lowest BCUT2D eigenvalue weighted by Gasteiger charge is -2.32. The van der Waals surface area contributed by atoms with Crippen LogP contribution in [0.15, 0.2) is 18.2 Å². The van der Waals surface area contributed by atoms with E-state index in [1.54, 1.807) is 18.2 Å². The summed E-state index contributed by atoms with van der Waals surface area (Å²) in [6.45, 7) is 3.37. The minimum absolute atomic E-state index is 0.0153. The van der Waals surface area contributed by atoms with Crippen molar-refractivity contribution in [3.05, 3.63) is 28.2 Å². The smallest absolute Gasteiger partial charge is 0.238 e. The summed E-state index contributed by atoms with van der Waals surface area (Å²) in [5.41, 5.74) is 0.679. The number of anilines is 1. The molecule has 1 unspecified atom stereocenters. The third-order valence-corrected chi connectivity index (χ3v) is 4.41. The molecule has 4 nitrogen and oxygen atoms in total. The molecule has 2 N–H and O–H groups in total. The number of nitrogens with zero attached hydrogens (tertiary/aromatic N) is 1. The number of carbonyl (C=O) groups excluding carboxylic acids is 1. The Morgan fingerprint density at radius 1 is 1.38 bits per heavy atom. The van der Waals surface area contributed by atoms with Crippen molar-refractivity contribution in [3.8, 4) is 0 Å². The van der Waals surface area contributed by atoms with Crippen molar-refractivity contribution in [2.45, 2.75) is 12.8 Å². The molecule has 1 aliphatic rings. The fourth-order valence-corrected chi connectivity index (χ4v) is 3.03. The first-order valence-electron chi connectivity index (χ1n) is 7.20. The van der Waals surface area contributed by atoms with E-state index in [9.17, 15) is 4.79 Å². The number of piperidine rings is 1. The normalized spacial score (nSPS) is 19.5. The van der Waals surface area contributed by atoms with Crippen molar-refractivity contribution in [1.82, 2.24) is 10.2 Å². The van der Waals surface area contributed by atoms with Gasteiger partial charge in [0, 0.05) is 12.2 Å². The Morgan fingerprint density at radius 2 is 2.19 bits per heavy atom. The van der Waals surface area contributed by atoms with Gasteiger partial charge in [-0.15, -0.1) is 0 Å². The molecule has 1 aliphatic heterocycles. The van der Waals surface area contributed by atoms with Crippen LogP contribution in [0.25, 0.3) is 0 Å². The summed E-state index contributed by atoms with van der Waals surface area (Å²) in [6, 6.07) is 5.11. The molecule has 2 rings (SSSR count). The van der Waals surface area contributed by atoms with E-state index in [-0.39, 0.29) is 5.91 Å². The summed E-state index contributed by atoms with van der Waals surface area (Å²) in [5, 5.41) is 7.01. The number of carbonyl (C=O) groups is 1. The Morgan fingerprint density at radius 3 is 2.90 bits per heavy atom. The molecule has 0 aliphatic carbocycles. The van der Waals surface area contributed by atoms with E-state index in [1.165, 1.54) is 6.42 Å². The summed E-state index contributed by atoms with van der Waals surface area (Å²) in [4.78, 5) is 14.3. The predicted octanol–water partition coefficient (Wildman–Crippen LogP) is 2.86. The van der Waals surface area contributed by atoms with Crippen LogP contribution in [-0.2, 0) is 4.79 Å². The number of amides is 1. The molecule has 1 atom stereocenters. The molecule has 1 heterocycles. The number of nitrogens with one attached hydrogen (secondary N) is 2. The van der Waals surface area contributed by atoms with E-state index in [1.807, 2.05) is 7.05 Å². The number of likely N-dealkylation sites (tertiary alicyclic amines) is 1. The Kier molecular flexibility index (Phi) is 6.30. The Hall–Kier alpha value is -0.810. The Labute approximate surface area is 135 Å². The monoisotopic (exact) mass is 329 g/mol. The lowest BCUT2D eigenvalue weighted by Crippen LogP contribution is -2.42. The highest BCUT2D eigenvalue weighted by molar-refractivity contribution is 6.42. The van der Waals surface area contributed by atoms with Crippen molar-refractivity contribution in [2.75, 3.05) is 38.5 Å². The van der Waals surface area contributed by atoms with Gasteiger partial charge in [-0.25, -0.2) is 0 Å². The molecule has 1 aromatic carbocycles. The highest BCUT2D eigenvalue weighted by atomic mass is 35.5. The number of rotatable bonds is 5. The average Bonchev–Trinajstić information content (AvgIpc) is 2.43. The van der Waals surface area contributed by atoms with Gasteiger partial charge in [-0.05, 0) is 57.1 Å². The van der Waals surface area contributed by atoms with E-state index in [4.69, 9.17) is 23.2 Å². The topological polar surface area (TPSA) is 44.4 Å². The maximum Gasteiger partial charge on any atom is 0.238 e. The Balaban J connectivity index is 1.84. The maximum atomic E-state index is 12.1. The van der Waals surface area contributed by atoms with Crippen LogP contribution in [0.5, 0.6) is 0 Å². The summed E-state index contributed by atoms with van der Waals surface area (Å²) in [5.74, 6) is 0.611. The second kappa shape index (κ2) is 7.99. The van der Waals surface area contributed by atoms with Gasteiger partial charge in [0.1, 0.15) is 0 Å². The van der Waals surface area contributed by atoms with Gasteiger partial charge in [0.25, 0.3) is 0 Å². The predicted molar refractivity (Wildman–Crippen MR) is 88.2 cm³/mol. The third kappa shape index (κ3) is 5.15. The van der Waals surface area contributed by atoms with Gasteiger partial charge in [0.05, 0.1) is 16.6 Å². The maximum absolute atomic E-state index is 12.1. The number of halogens is 2. The SMILES string of the molecule is CNCC1CCCN(CC(=O)Nc2ccc(Cl)c(Cl)c2)C1. The van der Waals surface area contributed by atoms with Crippen LogP contribution >= 0.6 is 23.2 Å². The second-order valence-electron chi connectivity index (χ2n) is 5.48. The molecule has 0 aromatic heterocycles. The van der Waals surface area contributed by atoms with Gasteiger partial charge in [-0.3, -0.25) is 9.69 Å². The molecule has 1 amide bonds. The highest BCUT2D eigenvalue weighted by Gasteiger charge is 2.21. The van der Waals surface area contributed by atoms with Crippen LogP contribution in [0, 0.1) is 5.92 Å².